The van der Waals surface area contributed by atoms with Crippen molar-refractivity contribution in [3.63, 3.8) is 0 Å². The fourth-order valence-corrected chi connectivity index (χ4v) is 4.54. The highest BCUT2D eigenvalue weighted by atomic mass is 32.1. The van der Waals surface area contributed by atoms with E-state index >= 15 is 0 Å². The van der Waals surface area contributed by atoms with E-state index in [1.54, 1.807) is 22.2 Å². The molecule has 0 aromatic carbocycles. The number of fused-ring (bicyclic) bond motifs is 5. The van der Waals surface area contributed by atoms with Crippen LogP contribution in [0.1, 0.15) is 34.4 Å². The fourth-order valence-electron chi connectivity index (χ4n) is 3.36. The van der Waals surface area contributed by atoms with Crippen LogP contribution in [0, 0.1) is 5.92 Å². The maximum absolute atomic E-state index is 12.4. The Balaban J connectivity index is 1.70. The number of nitrogens with zero attached hydrogens (tertiary/aromatic N) is 4. The molecular formula is C17H21N5O3S. The van der Waals surface area contributed by atoms with Crippen LogP contribution in [0.3, 0.4) is 0 Å². The van der Waals surface area contributed by atoms with E-state index < -0.39 is 6.29 Å². The van der Waals surface area contributed by atoms with Gasteiger partial charge in [0.05, 0.1) is 11.9 Å². The number of hydrogen-bond acceptors (Lipinski definition) is 7. The van der Waals surface area contributed by atoms with Gasteiger partial charge in [0.15, 0.2) is 11.9 Å². The Morgan fingerprint density at radius 3 is 3.04 bits per heavy atom. The monoisotopic (exact) mass is 375 g/mol. The molecule has 0 fully saturated rings. The molecule has 138 valence electrons. The molecule has 1 N–H and O–H groups in total. The lowest BCUT2D eigenvalue weighted by atomic mass is 9.89. The molecule has 1 atom stereocenters. The summed E-state index contributed by atoms with van der Waals surface area (Å²) in [5.74, 6) is 0.402. The number of methoxy groups -OCH3 is 2. The van der Waals surface area contributed by atoms with E-state index in [0.29, 0.717) is 11.6 Å². The summed E-state index contributed by atoms with van der Waals surface area (Å²) in [6.07, 6.45) is 4.43. The Kier molecular flexibility index (Phi) is 4.60. The maximum Gasteiger partial charge on any atom is 0.291 e. The molecule has 0 unspecified atom stereocenters. The zero-order chi connectivity index (χ0) is 18.3. The minimum atomic E-state index is -0.505. The zero-order valence-corrected chi connectivity index (χ0v) is 15.8. The van der Waals surface area contributed by atoms with Crippen LogP contribution in [0.4, 0.5) is 0 Å². The first-order valence-corrected chi connectivity index (χ1v) is 9.41. The van der Waals surface area contributed by atoms with E-state index in [9.17, 15) is 4.79 Å². The van der Waals surface area contributed by atoms with Crippen LogP contribution in [0.25, 0.3) is 15.9 Å². The molecule has 1 aliphatic rings. The molecule has 3 aromatic rings. The normalized spacial score (nSPS) is 17.2. The van der Waals surface area contributed by atoms with Crippen molar-refractivity contribution in [2.45, 2.75) is 32.5 Å². The highest BCUT2D eigenvalue weighted by molar-refractivity contribution is 7.19. The molecule has 0 radical (unpaired) electrons. The molecule has 0 saturated heterocycles. The lowest BCUT2D eigenvalue weighted by Crippen LogP contribution is -2.34. The Bertz CT molecular complexity index is 962. The molecule has 4 rings (SSSR count). The zero-order valence-electron chi connectivity index (χ0n) is 15.0. The van der Waals surface area contributed by atoms with Crippen molar-refractivity contribution >= 4 is 33.1 Å². The van der Waals surface area contributed by atoms with Gasteiger partial charge >= 0.3 is 0 Å². The standard InChI is InChI=1S/C17H21N5O3S/c1-9-4-5-11-10(6-9)13-15-20-14(16(23)18-7-12(24-2)25-3)21-22(15)8-19-17(13)26-11/h8-9,12H,4-7H2,1-3H3,(H,18,23)/t9-/m0/s1. The van der Waals surface area contributed by atoms with Crippen LogP contribution in [-0.4, -0.2) is 52.5 Å². The van der Waals surface area contributed by atoms with Gasteiger partial charge in [-0.1, -0.05) is 6.92 Å². The van der Waals surface area contributed by atoms with Gasteiger partial charge in [0, 0.05) is 19.1 Å². The Labute approximate surface area is 154 Å². The number of thiophene rings is 1. The van der Waals surface area contributed by atoms with Crippen LogP contribution >= 0.6 is 11.3 Å². The SMILES string of the molecule is COC(CNC(=O)c1nc2c3c4c(sc3ncn2n1)CC[C@H](C)C4)OC. The lowest BCUT2D eigenvalue weighted by molar-refractivity contribution is -0.0974. The number of carbonyl (C=O) groups is 1. The molecule has 8 nitrogen and oxygen atoms in total. The second-order valence-electron chi connectivity index (χ2n) is 6.59. The predicted molar refractivity (Wildman–Crippen MR) is 97.5 cm³/mol. The van der Waals surface area contributed by atoms with E-state index in [-0.39, 0.29) is 18.3 Å². The summed E-state index contributed by atoms with van der Waals surface area (Å²) >= 11 is 1.73. The quantitative estimate of drug-likeness (QED) is 0.684. The third-order valence-corrected chi connectivity index (χ3v) is 5.99. The number of hydrogen-bond donors (Lipinski definition) is 1. The smallest absolute Gasteiger partial charge is 0.291 e. The van der Waals surface area contributed by atoms with Gasteiger partial charge in [0.25, 0.3) is 5.91 Å². The van der Waals surface area contributed by atoms with Gasteiger partial charge in [-0.05, 0) is 30.7 Å². The Morgan fingerprint density at radius 2 is 2.27 bits per heavy atom. The van der Waals surface area contributed by atoms with Gasteiger partial charge in [0.1, 0.15) is 11.2 Å². The minimum absolute atomic E-state index is 0.120. The van der Waals surface area contributed by atoms with Crippen molar-refractivity contribution in [2.24, 2.45) is 5.92 Å². The van der Waals surface area contributed by atoms with Gasteiger partial charge in [-0.2, -0.15) is 0 Å². The summed E-state index contributed by atoms with van der Waals surface area (Å²) in [6.45, 7) is 2.49. The molecule has 1 aliphatic carbocycles. The highest BCUT2D eigenvalue weighted by Gasteiger charge is 2.24. The predicted octanol–water partition coefficient (Wildman–Crippen LogP) is 1.81. The molecule has 26 heavy (non-hydrogen) atoms. The van der Waals surface area contributed by atoms with Gasteiger partial charge in [-0.3, -0.25) is 4.79 Å². The van der Waals surface area contributed by atoms with Crippen LogP contribution in [0.5, 0.6) is 0 Å². The summed E-state index contributed by atoms with van der Waals surface area (Å²) in [5, 5.41) is 8.06. The molecule has 0 spiro atoms. The van der Waals surface area contributed by atoms with Crippen molar-refractivity contribution in [1.82, 2.24) is 24.9 Å². The number of amides is 1. The van der Waals surface area contributed by atoms with Gasteiger partial charge in [-0.25, -0.2) is 14.5 Å². The number of aryl methyl sites for hydroxylation is 1. The van der Waals surface area contributed by atoms with Crippen molar-refractivity contribution in [3.8, 4) is 0 Å². The van der Waals surface area contributed by atoms with Crippen molar-refractivity contribution in [2.75, 3.05) is 20.8 Å². The molecule has 3 heterocycles. The van der Waals surface area contributed by atoms with Crippen LogP contribution in [-0.2, 0) is 22.3 Å². The van der Waals surface area contributed by atoms with Crippen molar-refractivity contribution in [1.29, 1.82) is 0 Å². The molecule has 9 heteroatoms. The molecule has 1 amide bonds. The minimum Gasteiger partial charge on any atom is -0.354 e. The Morgan fingerprint density at radius 1 is 1.46 bits per heavy atom. The third kappa shape index (κ3) is 2.95. The number of carbonyl (C=O) groups excluding carboxylic acids is 1. The summed E-state index contributed by atoms with van der Waals surface area (Å²) in [6, 6.07) is 0. The topological polar surface area (TPSA) is 90.6 Å². The highest BCUT2D eigenvalue weighted by Crippen LogP contribution is 2.38. The largest absolute Gasteiger partial charge is 0.354 e. The number of rotatable bonds is 5. The summed E-state index contributed by atoms with van der Waals surface area (Å²) in [7, 11) is 3.04. The average molecular weight is 375 g/mol. The van der Waals surface area contributed by atoms with Crippen molar-refractivity contribution < 1.29 is 14.3 Å². The van der Waals surface area contributed by atoms with Crippen molar-refractivity contribution in [3.05, 3.63) is 22.6 Å². The number of nitrogens with one attached hydrogen (secondary N) is 1. The summed E-state index contributed by atoms with van der Waals surface area (Å²) in [4.78, 5) is 23.8. The second kappa shape index (κ2) is 6.90. The van der Waals surface area contributed by atoms with Crippen LogP contribution in [0.2, 0.25) is 0 Å². The average Bonchev–Trinajstić information content (AvgIpc) is 3.22. The van der Waals surface area contributed by atoms with E-state index in [4.69, 9.17) is 9.47 Å². The first kappa shape index (κ1) is 17.3. The van der Waals surface area contributed by atoms with E-state index in [1.807, 2.05) is 0 Å². The molecule has 0 aliphatic heterocycles. The van der Waals surface area contributed by atoms with E-state index in [1.165, 1.54) is 31.1 Å². The maximum atomic E-state index is 12.4. The third-order valence-electron chi connectivity index (χ3n) is 4.79. The molecule has 0 saturated carbocycles. The number of aromatic nitrogens is 4. The van der Waals surface area contributed by atoms with Gasteiger partial charge < -0.3 is 14.8 Å². The van der Waals surface area contributed by atoms with Crippen LogP contribution in [0.15, 0.2) is 6.33 Å². The summed E-state index contributed by atoms with van der Waals surface area (Å²) in [5.41, 5.74) is 2.02. The fraction of sp³-hybridized carbons (Fsp3) is 0.529. The molecule has 0 bridgehead atoms. The number of ether oxygens (including phenoxy) is 2. The van der Waals surface area contributed by atoms with Gasteiger partial charge in [-0.15, -0.1) is 16.4 Å². The molecule has 3 aromatic heterocycles. The lowest BCUT2D eigenvalue weighted by Gasteiger charge is -2.17. The summed E-state index contributed by atoms with van der Waals surface area (Å²) < 4.78 is 11.7. The molecular weight excluding hydrogens is 354 g/mol. The van der Waals surface area contributed by atoms with E-state index in [0.717, 1.165) is 23.1 Å². The first-order chi connectivity index (χ1) is 12.6. The van der Waals surface area contributed by atoms with E-state index in [2.05, 4.69) is 27.3 Å². The van der Waals surface area contributed by atoms with Gasteiger partial charge in [0.2, 0.25) is 5.82 Å². The Hall–Kier alpha value is -2.10. The second-order valence-corrected chi connectivity index (χ2v) is 7.67. The van der Waals surface area contributed by atoms with Crippen LogP contribution < -0.4 is 5.32 Å². The first-order valence-electron chi connectivity index (χ1n) is 8.60.